The van der Waals surface area contributed by atoms with Crippen molar-refractivity contribution >= 4 is 0 Å². The molecule has 0 amide bonds. The highest BCUT2D eigenvalue weighted by molar-refractivity contribution is 5.22. The van der Waals surface area contributed by atoms with Gasteiger partial charge in [0.25, 0.3) is 0 Å². The number of aliphatic hydroxyl groups is 2. The van der Waals surface area contributed by atoms with Crippen LogP contribution in [0.15, 0.2) is 36.0 Å². The summed E-state index contributed by atoms with van der Waals surface area (Å²) in [4.78, 5) is 0. The second-order valence-corrected chi connectivity index (χ2v) is 9.34. The van der Waals surface area contributed by atoms with Gasteiger partial charge in [0.05, 0.1) is 17.3 Å². The van der Waals surface area contributed by atoms with E-state index in [0.29, 0.717) is 11.8 Å². The molecule has 0 bridgehead atoms. The lowest BCUT2D eigenvalue weighted by molar-refractivity contribution is -0.0540. The van der Waals surface area contributed by atoms with E-state index in [0.717, 1.165) is 44.1 Å². The molecule has 0 aromatic heterocycles. The van der Waals surface area contributed by atoms with Gasteiger partial charge < -0.3 is 14.9 Å². The molecular weight excluding hydrogens is 336 g/mol. The van der Waals surface area contributed by atoms with Gasteiger partial charge in [-0.15, -0.1) is 0 Å². The molecule has 0 radical (unpaired) electrons. The molecular formula is C24H40O3. The van der Waals surface area contributed by atoms with Crippen molar-refractivity contribution in [2.24, 2.45) is 11.8 Å². The maximum absolute atomic E-state index is 10.5. The Bertz CT molecular complexity index is 621. The molecule has 2 fully saturated rings. The Hall–Kier alpha value is -0.900. The lowest BCUT2D eigenvalue weighted by Crippen LogP contribution is -2.49. The Morgan fingerprint density at radius 2 is 1.70 bits per heavy atom. The third-order valence-corrected chi connectivity index (χ3v) is 7.54. The molecule has 3 heteroatoms. The molecule has 1 saturated carbocycles. The number of rotatable bonds is 4. The average molecular weight is 377 g/mol. The van der Waals surface area contributed by atoms with Crippen LogP contribution in [0.5, 0.6) is 0 Å². The first-order valence-electron chi connectivity index (χ1n) is 10.5. The Balaban J connectivity index is 0.000000194. The van der Waals surface area contributed by atoms with Crippen molar-refractivity contribution in [3.63, 3.8) is 0 Å². The number of hydrogen-bond acceptors (Lipinski definition) is 3. The summed E-state index contributed by atoms with van der Waals surface area (Å²) in [5.41, 5.74) is 2.02. The van der Waals surface area contributed by atoms with Crippen LogP contribution in [0.1, 0.15) is 80.1 Å². The third-order valence-electron chi connectivity index (χ3n) is 7.54. The summed E-state index contributed by atoms with van der Waals surface area (Å²) < 4.78 is 5.66. The molecule has 3 rings (SSSR count). The van der Waals surface area contributed by atoms with Gasteiger partial charge in [-0.2, -0.15) is 0 Å². The van der Waals surface area contributed by atoms with Gasteiger partial charge in [0.2, 0.25) is 0 Å². The Labute approximate surface area is 166 Å². The van der Waals surface area contributed by atoms with E-state index >= 15 is 0 Å². The minimum atomic E-state index is -0.639. The fraction of sp³-hybridized carbons (Fsp3) is 0.750. The number of fused-ring (bicyclic) bond motifs is 1. The second-order valence-electron chi connectivity index (χ2n) is 9.34. The molecule has 3 nitrogen and oxygen atoms in total. The minimum absolute atomic E-state index is 0.253. The zero-order valence-electron chi connectivity index (χ0n) is 18.3. The highest BCUT2D eigenvalue weighted by Crippen LogP contribution is 2.57. The Morgan fingerprint density at radius 1 is 1.11 bits per heavy atom. The summed E-state index contributed by atoms with van der Waals surface area (Å²) in [6.07, 6.45) is 7.72. The second kappa shape index (κ2) is 7.85. The van der Waals surface area contributed by atoms with Gasteiger partial charge in [0.15, 0.2) is 0 Å². The molecule has 154 valence electrons. The van der Waals surface area contributed by atoms with Gasteiger partial charge in [-0.3, -0.25) is 0 Å². The van der Waals surface area contributed by atoms with Crippen LogP contribution in [-0.4, -0.2) is 33.1 Å². The fourth-order valence-corrected chi connectivity index (χ4v) is 4.73. The van der Waals surface area contributed by atoms with E-state index in [2.05, 4.69) is 26.2 Å². The standard InChI is InChI=1S/C12H20O2.C12H20O/c1-5-12(13)7-9(8(2)3)6-10-11(12,4)14-10;1-5-12(13)8-11(9(2)3)7-6-10(12)4/h9-10,13H,2,5-7H2,1,3-4H3;6,11,13H,2,5,7-8H2,1,3-4H3/t9-,10+,11+,12-;11-,12-/m00/s1. The molecule has 6 atom stereocenters. The molecule has 1 aliphatic heterocycles. The van der Waals surface area contributed by atoms with E-state index in [1.807, 2.05) is 34.6 Å². The summed E-state index contributed by atoms with van der Waals surface area (Å²) >= 11 is 0. The highest BCUT2D eigenvalue weighted by atomic mass is 16.6. The van der Waals surface area contributed by atoms with Gasteiger partial charge >= 0.3 is 0 Å². The van der Waals surface area contributed by atoms with Crippen LogP contribution in [0.2, 0.25) is 0 Å². The van der Waals surface area contributed by atoms with E-state index in [9.17, 15) is 10.2 Å². The van der Waals surface area contributed by atoms with E-state index in [-0.39, 0.29) is 11.7 Å². The minimum Gasteiger partial charge on any atom is -0.387 e. The van der Waals surface area contributed by atoms with Crippen LogP contribution < -0.4 is 0 Å². The van der Waals surface area contributed by atoms with Gasteiger partial charge in [-0.1, -0.05) is 44.2 Å². The van der Waals surface area contributed by atoms with E-state index < -0.39 is 11.2 Å². The zero-order valence-corrected chi connectivity index (χ0v) is 18.3. The predicted octanol–water partition coefficient (Wildman–Crippen LogP) is 5.33. The summed E-state index contributed by atoms with van der Waals surface area (Å²) in [5, 5.41) is 20.8. The largest absolute Gasteiger partial charge is 0.387 e. The first-order chi connectivity index (χ1) is 12.4. The predicted molar refractivity (Wildman–Crippen MR) is 113 cm³/mol. The molecule has 1 saturated heterocycles. The molecule has 2 aliphatic carbocycles. The molecule has 0 unspecified atom stereocenters. The number of epoxide rings is 1. The smallest absolute Gasteiger partial charge is 0.120 e. The molecule has 0 aromatic carbocycles. The van der Waals surface area contributed by atoms with Gasteiger partial charge in [0.1, 0.15) is 5.60 Å². The maximum Gasteiger partial charge on any atom is 0.120 e. The van der Waals surface area contributed by atoms with Crippen molar-refractivity contribution in [1.29, 1.82) is 0 Å². The molecule has 0 spiro atoms. The van der Waals surface area contributed by atoms with Gasteiger partial charge in [0, 0.05) is 0 Å². The highest BCUT2D eigenvalue weighted by Gasteiger charge is 2.67. The Morgan fingerprint density at radius 3 is 2.19 bits per heavy atom. The van der Waals surface area contributed by atoms with Crippen molar-refractivity contribution in [3.05, 3.63) is 36.0 Å². The van der Waals surface area contributed by atoms with Crippen LogP contribution in [0.4, 0.5) is 0 Å². The summed E-state index contributed by atoms with van der Waals surface area (Å²) in [6.45, 7) is 20.2. The Kier molecular flexibility index (Phi) is 6.51. The fourth-order valence-electron chi connectivity index (χ4n) is 4.73. The molecule has 1 heterocycles. The van der Waals surface area contributed by atoms with E-state index in [1.165, 1.54) is 11.1 Å². The van der Waals surface area contributed by atoms with Crippen molar-refractivity contribution in [1.82, 2.24) is 0 Å². The van der Waals surface area contributed by atoms with Crippen molar-refractivity contribution in [2.75, 3.05) is 0 Å². The van der Waals surface area contributed by atoms with Gasteiger partial charge in [-0.25, -0.2) is 0 Å². The van der Waals surface area contributed by atoms with Crippen molar-refractivity contribution in [3.8, 4) is 0 Å². The van der Waals surface area contributed by atoms with Crippen LogP contribution >= 0.6 is 0 Å². The molecule has 0 aromatic rings. The maximum atomic E-state index is 10.5. The lowest BCUT2D eigenvalue weighted by atomic mass is 9.68. The number of hydrogen-bond donors (Lipinski definition) is 2. The molecule has 3 aliphatic rings. The topological polar surface area (TPSA) is 53.0 Å². The SMILES string of the molecule is C=C(C)[C@H]1CC=C(C)[C@](O)(CC)C1.C=C(C)[C@H]1C[C@H]2O[C@@]2(C)[C@](O)(CC)C1. The summed E-state index contributed by atoms with van der Waals surface area (Å²) in [6, 6.07) is 0. The average Bonchev–Trinajstić information content (AvgIpc) is 3.30. The first-order valence-corrected chi connectivity index (χ1v) is 10.5. The summed E-state index contributed by atoms with van der Waals surface area (Å²) in [7, 11) is 0. The third kappa shape index (κ3) is 4.26. The van der Waals surface area contributed by atoms with Gasteiger partial charge in [-0.05, 0) is 83.6 Å². The van der Waals surface area contributed by atoms with Crippen LogP contribution in [0.25, 0.3) is 0 Å². The van der Waals surface area contributed by atoms with Crippen LogP contribution in [0.3, 0.4) is 0 Å². The quantitative estimate of drug-likeness (QED) is 0.515. The van der Waals surface area contributed by atoms with Crippen LogP contribution in [0, 0.1) is 11.8 Å². The lowest BCUT2D eigenvalue weighted by Gasteiger charge is -2.38. The van der Waals surface area contributed by atoms with Crippen molar-refractivity contribution < 1.29 is 14.9 Å². The number of allylic oxidation sites excluding steroid dienone is 3. The molecule has 2 N–H and O–H groups in total. The van der Waals surface area contributed by atoms with E-state index in [4.69, 9.17) is 4.74 Å². The first kappa shape index (κ1) is 22.4. The van der Waals surface area contributed by atoms with E-state index in [1.54, 1.807) is 0 Å². The van der Waals surface area contributed by atoms with Crippen molar-refractivity contribution in [2.45, 2.75) is 103 Å². The number of ether oxygens (including phenoxy) is 1. The monoisotopic (exact) mass is 376 g/mol. The summed E-state index contributed by atoms with van der Waals surface area (Å²) in [5.74, 6) is 0.897. The molecule has 27 heavy (non-hydrogen) atoms. The zero-order chi connectivity index (χ0) is 20.6. The van der Waals surface area contributed by atoms with Crippen LogP contribution in [-0.2, 0) is 4.74 Å². The normalized spacial score (nSPS) is 43.0.